The lowest BCUT2D eigenvalue weighted by atomic mass is 9.45. The second kappa shape index (κ2) is 16.9. The fourth-order valence-electron chi connectivity index (χ4n) is 12.4. The molecular weight excluding hydrogens is 900 g/mol. The Hall–Kier alpha value is -9.26. The minimum absolute atomic E-state index is 0.176. The van der Waals surface area contributed by atoms with Crippen LogP contribution in [0, 0.1) is 0 Å². The SMILES string of the molecule is CCCCc1ccc(N(c2ccccc2)c2cc3c4c(c2)N(c2cccc5c2oc2ccccc25)c2cc(N(c5ccccc5)c5ccccc5)ccc2B4n2c4cc5ccccc5cc4c4cccc-3c42)cc1. The molecule has 0 bridgehead atoms. The van der Waals surface area contributed by atoms with Gasteiger partial charge in [0.15, 0.2) is 5.58 Å². The second-order valence-corrected chi connectivity index (χ2v) is 19.9. The van der Waals surface area contributed by atoms with Crippen molar-refractivity contribution in [3.63, 3.8) is 0 Å². The molecule has 2 aliphatic heterocycles. The van der Waals surface area contributed by atoms with Gasteiger partial charge in [0.05, 0.1) is 5.69 Å². The van der Waals surface area contributed by atoms with Gasteiger partial charge in [-0.25, -0.2) is 0 Å². The van der Waals surface area contributed by atoms with E-state index in [0.717, 1.165) is 79.5 Å². The number of benzene rings is 11. The molecule has 0 atom stereocenters. The highest BCUT2D eigenvalue weighted by atomic mass is 16.3. The predicted octanol–water partition coefficient (Wildman–Crippen LogP) is 17.5. The maximum absolute atomic E-state index is 7.06. The number of unbranched alkanes of at least 4 members (excludes halogenated alkanes) is 1. The van der Waals surface area contributed by atoms with Crippen LogP contribution in [0.4, 0.5) is 51.2 Å². The van der Waals surface area contributed by atoms with E-state index in [9.17, 15) is 0 Å². The summed E-state index contributed by atoms with van der Waals surface area (Å²) in [5.41, 5.74) is 20.2. The summed E-state index contributed by atoms with van der Waals surface area (Å²) in [5, 5.41) is 7.17. The first-order valence-electron chi connectivity index (χ1n) is 26.0. The van der Waals surface area contributed by atoms with Crippen molar-refractivity contribution in [2.45, 2.75) is 26.2 Å². The van der Waals surface area contributed by atoms with Crippen molar-refractivity contribution in [3.05, 3.63) is 248 Å². The molecule has 2 aliphatic rings. The van der Waals surface area contributed by atoms with Gasteiger partial charge < -0.3 is 23.6 Å². The van der Waals surface area contributed by atoms with Crippen LogP contribution in [0.25, 0.3) is 65.6 Å². The Bertz CT molecular complexity index is 4280. The van der Waals surface area contributed by atoms with Gasteiger partial charge in [0.25, 0.3) is 0 Å². The molecule has 0 unspecified atom stereocenters. The van der Waals surface area contributed by atoms with Crippen molar-refractivity contribution in [2.75, 3.05) is 14.7 Å². The zero-order valence-electron chi connectivity index (χ0n) is 41.0. The highest BCUT2D eigenvalue weighted by Gasteiger charge is 2.44. The lowest BCUT2D eigenvalue weighted by Gasteiger charge is -2.42. The number of hydrogen-bond donors (Lipinski definition) is 0. The van der Waals surface area contributed by atoms with Crippen LogP contribution in [0.3, 0.4) is 0 Å². The van der Waals surface area contributed by atoms with Crippen molar-refractivity contribution in [2.24, 2.45) is 0 Å². The summed E-state index contributed by atoms with van der Waals surface area (Å²) in [5.74, 6) is 0. The molecule has 4 heterocycles. The molecule has 11 aromatic carbocycles. The van der Waals surface area contributed by atoms with Gasteiger partial charge in [-0.15, -0.1) is 0 Å². The maximum atomic E-state index is 7.06. The molecule has 0 spiro atoms. The Morgan fingerprint density at radius 1 is 0.432 bits per heavy atom. The summed E-state index contributed by atoms with van der Waals surface area (Å²) in [6.07, 6.45) is 3.40. The van der Waals surface area contributed by atoms with Gasteiger partial charge in [-0.3, -0.25) is 0 Å². The highest BCUT2D eigenvalue weighted by molar-refractivity contribution is 6.90. The topological polar surface area (TPSA) is 27.8 Å². The molecule has 350 valence electrons. The number of rotatable bonds is 10. The molecule has 0 amide bonds. The first kappa shape index (κ1) is 42.4. The Morgan fingerprint density at radius 2 is 1.03 bits per heavy atom. The second-order valence-electron chi connectivity index (χ2n) is 19.9. The lowest BCUT2D eigenvalue weighted by molar-refractivity contribution is 0.669. The molecule has 0 radical (unpaired) electrons. The number of para-hydroxylation sites is 6. The number of furan rings is 1. The minimum Gasteiger partial charge on any atom is -0.454 e. The standard InChI is InChI=1S/C68H49BN4O/c1-2-3-19-45-34-36-51(37-35-45)71(50-26-11-6-12-27-50)53-42-59-56-30-17-29-55-58-40-46-20-13-14-21-47(46)41-62(58)73(67(55)56)69-60-39-38-52(70(48-22-7-4-8-23-48)49-24-9-5-10-25-49)43-63(60)72(64(44-53)66(59)69)61-32-18-31-57-54-28-15-16-33-65(54)74-68(57)61/h4-18,20-44H,2-3,19H2,1H3. The summed E-state index contributed by atoms with van der Waals surface area (Å²) in [7, 11) is 0. The van der Waals surface area contributed by atoms with Crippen molar-refractivity contribution >= 4 is 123 Å². The molecule has 6 heteroatoms. The Labute approximate surface area is 430 Å². The van der Waals surface area contributed by atoms with Crippen LogP contribution in [0.2, 0.25) is 0 Å². The molecular formula is C68H49BN4O. The van der Waals surface area contributed by atoms with Gasteiger partial charge in [0.1, 0.15) is 5.58 Å². The summed E-state index contributed by atoms with van der Waals surface area (Å²) >= 11 is 0. The van der Waals surface area contributed by atoms with Crippen LogP contribution in [-0.4, -0.2) is 11.3 Å². The third-order valence-corrected chi connectivity index (χ3v) is 15.6. The van der Waals surface area contributed by atoms with Gasteiger partial charge in [0, 0.05) is 83.6 Å². The fraction of sp³-hybridized carbons (Fsp3) is 0.0588. The average Bonchev–Trinajstić information content (AvgIpc) is 4.00. The summed E-state index contributed by atoms with van der Waals surface area (Å²) in [4.78, 5) is 7.36. The van der Waals surface area contributed by atoms with E-state index in [1.807, 2.05) is 0 Å². The Kier molecular flexibility index (Phi) is 9.71. The molecule has 0 saturated heterocycles. The fourth-order valence-corrected chi connectivity index (χ4v) is 12.4. The quantitative estimate of drug-likeness (QED) is 0.128. The lowest BCUT2D eigenvalue weighted by Crippen LogP contribution is -2.56. The normalized spacial score (nSPS) is 12.5. The van der Waals surface area contributed by atoms with Gasteiger partial charge in [-0.2, -0.15) is 0 Å². The van der Waals surface area contributed by atoms with E-state index in [-0.39, 0.29) is 6.85 Å². The first-order chi connectivity index (χ1) is 36.7. The number of aryl methyl sites for hydroxylation is 1. The minimum atomic E-state index is -0.176. The molecule has 5 nitrogen and oxygen atoms in total. The molecule has 15 rings (SSSR count). The smallest absolute Gasteiger partial charge is 0.333 e. The van der Waals surface area contributed by atoms with Crippen molar-refractivity contribution in [1.29, 1.82) is 0 Å². The van der Waals surface area contributed by atoms with E-state index < -0.39 is 0 Å². The van der Waals surface area contributed by atoms with Gasteiger partial charge in [-0.1, -0.05) is 159 Å². The summed E-state index contributed by atoms with van der Waals surface area (Å²) in [6.45, 7) is 2.09. The number of aromatic nitrogens is 1. The number of hydrogen-bond acceptors (Lipinski definition) is 4. The van der Waals surface area contributed by atoms with Gasteiger partial charge >= 0.3 is 6.85 Å². The largest absolute Gasteiger partial charge is 0.454 e. The zero-order chi connectivity index (χ0) is 48.9. The van der Waals surface area contributed by atoms with Crippen LogP contribution in [0.5, 0.6) is 0 Å². The van der Waals surface area contributed by atoms with Crippen LogP contribution in [-0.2, 0) is 6.42 Å². The summed E-state index contributed by atoms with van der Waals surface area (Å²) < 4.78 is 9.73. The Morgan fingerprint density at radius 3 is 1.76 bits per heavy atom. The molecule has 2 aromatic heterocycles. The van der Waals surface area contributed by atoms with Crippen molar-refractivity contribution in [1.82, 2.24) is 4.48 Å². The van der Waals surface area contributed by atoms with E-state index in [2.05, 4.69) is 269 Å². The van der Waals surface area contributed by atoms with E-state index in [1.54, 1.807) is 0 Å². The predicted molar refractivity (Wildman–Crippen MR) is 313 cm³/mol. The third-order valence-electron chi connectivity index (χ3n) is 15.6. The van der Waals surface area contributed by atoms with Crippen molar-refractivity contribution in [3.8, 4) is 11.1 Å². The van der Waals surface area contributed by atoms with Gasteiger partial charge in [-0.05, 0) is 143 Å². The molecule has 0 aliphatic carbocycles. The van der Waals surface area contributed by atoms with Crippen LogP contribution >= 0.6 is 0 Å². The monoisotopic (exact) mass is 948 g/mol. The zero-order valence-corrected chi connectivity index (χ0v) is 41.0. The average molecular weight is 949 g/mol. The van der Waals surface area contributed by atoms with E-state index in [1.165, 1.54) is 73.0 Å². The number of anilines is 9. The van der Waals surface area contributed by atoms with Crippen LogP contribution in [0.15, 0.2) is 247 Å². The molecule has 0 fully saturated rings. The maximum Gasteiger partial charge on any atom is 0.333 e. The van der Waals surface area contributed by atoms with Gasteiger partial charge in [0.2, 0.25) is 0 Å². The van der Waals surface area contributed by atoms with Crippen molar-refractivity contribution < 1.29 is 4.42 Å². The Balaban J connectivity index is 1.08. The van der Waals surface area contributed by atoms with E-state index in [0.29, 0.717) is 0 Å². The van der Waals surface area contributed by atoms with Crippen LogP contribution in [0.1, 0.15) is 25.3 Å². The number of fused-ring (bicyclic) bond motifs is 11. The van der Waals surface area contributed by atoms with E-state index >= 15 is 0 Å². The molecule has 0 N–H and O–H groups in total. The first-order valence-corrected chi connectivity index (χ1v) is 26.0. The highest BCUT2D eigenvalue weighted by Crippen LogP contribution is 2.51. The molecule has 0 saturated carbocycles. The van der Waals surface area contributed by atoms with E-state index in [4.69, 9.17) is 4.42 Å². The molecule has 74 heavy (non-hydrogen) atoms. The third kappa shape index (κ3) is 6.51. The summed E-state index contributed by atoms with van der Waals surface area (Å²) in [6, 6.07) is 89.4. The number of nitrogens with zero attached hydrogens (tertiary/aromatic N) is 4. The van der Waals surface area contributed by atoms with Crippen LogP contribution < -0.4 is 25.6 Å². The molecule has 13 aromatic rings.